The lowest BCUT2D eigenvalue weighted by molar-refractivity contribution is 1.00. The van der Waals surface area contributed by atoms with Gasteiger partial charge in [-0.25, -0.2) is 0 Å². The molecule has 0 nitrogen and oxygen atoms in total. The summed E-state index contributed by atoms with van der Waals surface area (Å²) in [7, 11) is 1.42. The summed E-state index contributed by atoms with van der Waals surface area (Å²) >= 11 is 0. The van der Waals surface area contributed by atoms with Crippen LogP contribution in [0.4, 0.5) is 0 Å². The van der Waals surface area contributed by atoms with E-state index in [4.69, 9.17) is 0 Å². The first-order valence-corrected chi connectivity index (χ1v) is 5.75. The molecule has 0 radical (unpaired) electrons. The minimum Gasteiger partial charge on any atom is -0.0726 e. The second kappa shape index (κ2) is 4.62. The highest BCUT2D eigenvalue weighted by molar-refractivity contribution is 7.30. The molecule has 66 valence electrons. The second-order valence-electron chi connectivity index (χ2n) is 2.96. The summed E-state index contributed by atoms with van der Waals surface area (Å²) in [4.78, 5) is 0. The monoisotopic (exact) mass is 180 g/mol. The molecule has 1 heterocycles. The summed E-state index contributed by atoms with van der Waals surface area (Å²) in [5, 5.41) is 1.62. The quantitative estimate of drug-likeness (QED) is 0.660. The van der Waals surface area contributed by atoms with Gasteiger partial charge in [0, 0.05) is 0 Å². The zero-order valence-electron chi connectivity index (χ0n) is 8.22. The number of rotatable bonds is 3. The van der Waals surface area contributed by atoms with E-state index in [2.05, 4.69) is 32.6 Å². The fraction of sp³-hybridized carbons (Fsp3) is 0.545. The molecule has 1 aromatic heterocycles. The van der Waals surface area contributed by atoms with Crippen LogP contribution in [0.2, 0.25) is 0 Å². The third-order valence-electron chi connectivity index (χ3n) is 2.31. The van der Waals surface area contributed by atoms with Crippen LogP contribution in [0.3, 0.4) is 0 Å². The van der Waals surface area contributed by atoms with Gasteiger partial charge in [-0.05, 0) is 41.5 Å². The number of hydrogen-bond donors (Lipinski definition) is 0. The molecule has 0 atom stereocenters. The van der Waals surface area contributed by atoms with Gasteiger partial charge in [0.15, 0.2) is 0 Å². The van der Waals surface area contributed by atoms with Crippen molar-refractivity contribution < 1.29 is 0 Å². The van der Waals surface area contributed by atoms with Crippen molar-refractivity contribution in [3.8, 4) is 0 Å². The summed E-state index contributed by atoms with van der Waals surface area (Å²) in [6.07, 6.45) is 3.58. The summed E-state index contributed by atoms with van der Waals surface area (Å²) in [5.74, 6) is 2.27. The minimum absolute atomic E-state index is 1.18. The van der Waals surface area contributed by atoms with Gasteiger partial charge in [-0.3, -0.25) is 0 Å². The zero-order chi connectivity index (χ0) is 8.97. The van der Waals surface area contributed by atoms with Gasteiger partial charge in [-0.2, -0.15) is 0 Å². The fourth-order valence-electron chi connectivity index (χ4n) is 1.65. The number of hydrogen-bond acceptors (Lipinski definition) is 0. The Bertz CT molecular complexity index is 231. The van der Waals surface area contributed by atoms with Crippen LogP contribution in [0.1, 0.15) is 37.2 Å². The first kappa shape index (κ1) is 9.74. The van der Waals surface area contributed by atoms with Crippen molar-refractivity contribution in [1.29, 1.82) is 0 Å². The van der Waals surface area contributed by atoms with Gasteiger partial charge < -0.3 is 0 Å². The number of aryl methyl sites for hydroxylation is 2. The molecule has 1 heteroatoms. The standard InChI is InChI=1S/C11H17P/c1-4-9-7-8-12-11(6-3)10(9)5-2/h7-8H,4-6H2,1-3H3. The fourth-order valence-corrected chi connectivity index (χ4v) is 2.72. The first-order chi connectivity index (χ1) is 5.83. The van der Waals surface area contributed by atoms with Gasteiger partial charge in [0.2, 0.25) is 0 Å². The van der Waals surface area contributed by atoms with E-state index < -0.39 is 0 Å². The molecule has 0 aromatic carbocycles. The van der Waals surface area contributed by atoms with Gasteiger partial charge in [0.05, 0.1) is 0 Å². The van der Waals surface area contributed by atoms with Crippen molar-refractivity contribution in [2.24, 2.45) is 0 Å². The van der Waals surface area contributed by atoms with E-state index in [0.717, 1.165) is 0 Å². The van der Waals surface area contributed by atoms with Crippen LogP contribution in [-0.4, -0.2) is 0 Å². The largest absolute Gasteiger partial charge is 0.0726 e. The predicted octanol–water partition coefficient (Wildman–Crippen LogP) is 3.95. The van der Waals surface area contributed by atoms with Crippen LogP contribution >= 0.6 is 8.19 Å². The molecule has 0 unspecified atom stereocenters. The Balaban J connectivity index is 3.13. The highest BCUT2D eigenvalue weighted by Crippen LogP contribution is 2.24. The molecule has 0 spiro atoms. The van der Waals surface area contributed by atoms with Crippen LogP contribution in [0.15, 0.2) is 11.9 Å². The summed E-state index contributed by atoms with van der Waals surface area (Å²) in [6.45, 7) is 6.75. The molecule has 0 fully saturated rings. The van der Waals surface area contributed by atoms with Crippen LogP contribution in [0.25, 0.3) is 0 Å². The normalized spacial score (nSPS) is 10.9. The van der Waals surface area contributed by atoms with Crippen LogP contribution in [0.5, 0.6) is 0 Å². The Labute approximate surface area is 77.1 Å². The lowest BCUT2D eigenvalue weighted by Gasteiger charge is -2.09. The molecule has 0 amide bonds. The zero-order valence-corrected chi connectivity index (χ0v) is 9.12. The maximum Gasteiger partial charge on any atom is -0.0174 e. The van der Waals surface area contributed by atoms with E-state index in [1.807, 2.05) is 0 Å². The van der Waals surface area contributed by atoms with E-state index >= 15 is 0 Å². The van der Waals surface area contributed by atoms with Crippen molar-refractivity contribution in [1.82, 2.24) is 0 Å². The van der Waals surface area contributed by atoms with Gasteiger partial charge in [-0.1, -0.05) is 35.0 Å². The molecule has 0 bridgehead atoms. The molecular formula is C11H17P. The second-order valence-corrected chi connectivity index (χ2v) is 4.05. The van der Waals surface area contributed by atoms with Crippen molar-refractivity contribution in [3.63, 3.8) is 0 Å². The molecular weight excluding hydrogens is 163 g/mol. The van der Waals surface area contributed by atoms with Gasteiger partial charge >= 0.3 is 0 Å². The van der Waals surface area contributed by atoms with E-state index in [0.29, 0.717) is 0 Å². The molecule has 0 aliphatic heterocycles. The average Bonchev–Trinajstić information content (AvgIpc) is 2.16. The van der Waals surface area contributed by atoms with Crippen LogP contribution < -0.4 is 0 Å². The maximum absolute atomic E-state index is 2.29. The van der Waals surface area contributed by atoms with Gasteiger partial charge in [0.1, 0.15) is 0 Å². The minimum atomic E-state index is 1.18. The molecule has 0 saturated carbocycles. The van der Waals surface area contributed by atoms with E-state index in [-0.39, 0.29) is 0 Å². The molecule has 0 aliphatic carbocycles. The topological polar surface area (TPSA) is 0 Å². The van der Waals surface area contributed by atoms with Crippen LogP contribution in [-0.2, 0) is 19.3 Å². The van der Waals surface area contributed by atoms with Crippen LogP contribution in [0, 0.1) is 0 Å². The van der Waals surface area contributed by atoms with E-state index in [1.165, 1.54) is 27.5 Å². The molecule has 1 aromatic rings. The van der Waals surface area contributed by atoms with Crippen molar-refractivity contribution in [3.05, 3.63) is 28.3 Å². The lowest BCUT2D eigenvalue weighted by atomic mass is 10.0. The van der Waals surface area contributed by atoms with Gasteiger partial charge in [0.25, 0.3) is 0 Å². The predicted molar refractivity (Wildman–Crippen MR) is 57.1 cm³/mol. The third kappa shape index (κ3) is 1.87. The van der Waals surface area contributed by atoms with E-state index in [1.54, 1.807) is 16.4 Å². The first-order valence-electron chi connectivity index (χ1n) is 4.79. The van der Waals surface area contributed by atoms with Crippen molar-refractivity contribution >= 4 is 8.19 Å². The van der Waals surface area contributed by atoms with Gasteiger partial charge in [-0.15, -0.1) is 0 Å². The Morgan fingerprint density at radius 3 is 2.33 bits per heavy atom. The average molecular weight is 180 g/mol. The smallest absolute Gasteiger partial charge is 0.0174 e. The lowest BCUT2D eigenvalue weighted by Crippen LogP contribution is -1.94. The Hall–Kier alpha value is -0.350. The molecule has 12 heavy (non-hydrogen) atoms. The molecule has 1 rings (SSSR count). The molecule has 0 N–H and O–H groups in total. The van der Waals surface area contributed by atoms with E-state index in [9.17, 15) is 0 Å². The maximum atomic E-state index is 2.29. The summed E-state index contributed by atoms with van der Waals surface area (Å²) < 4.78 is 0. The van der Waals surface area contributed by atoms with Crippen molar-refractivity contribution in [2.45, 2.75) is 40.0 Å². The van der Waals surface area contributed by atoms with Crippen molar-refractivity contribution in [2.75, 3.05) is 0 Å². The Kier molecular flexibility index (Phi) is 3.75. The molecule has 0 aliphatic rings. The highest BCUT2D eigenvalue weighted by atomic mass is 31.0. The SMILES string of the molecule is CCc1ccpc(CC)c1CC. The molecule has 0 saturated heterocycles. The Morgan fingerprint density at radius 2 is 1.83 bits per heavy atom. The third-order valence-corrected chi connectivity index (χ3v) is 3.51. The summed E-state index contributed by atoms with van der Waals surface area (Å²) in [5.41, 5.74) is 3.16. The Morgan fingerprint density at radius 1 is 1.08 bits per heavy atom. The highest BCUT2D eigenvalue weighted by Gasteiger charge is 2.02. The summed E-state index contributed by atoms with van der Waals surface area (Å²) in [6, 6.07) is 2.29.